The summed E-state index contributed by atoms with van der Waals surface area (Å²) in [6, 6.07) is 7.67. The molecule has 0 amide bonds. The van der Waals surface area contributed by atoms with Crippen LogP contribution in [0.2, 0.25) is 0 Å². The maximum atomic E-state index is 5.75. The zero-order chi connectivity index (χ0) is 16.5. The number of anilines is 2. The van der Waals surface area contributed by atoms with Crippen molar-refractivity contribution in [2.24, 2.45) is 0 Å². The minimum absolute atomic E-state index is 0.0177. The van der Waals surface area contributed by atoms with Gasteiger partial charge in [-0.1, -0.05) is 12.1 Å². The number of nitrogens with one attached hydrogen (secondary N) is 1. The van der Waals surface area contributed by atoms with Crippen LogP contribution in [-0.4, -0.2) is 33.2 Å². The lowest BCUT2D eigenvalue weighted by atomic mass is 10.3. The Morgan fingerprint density at radius 1 is 1.33 bits per heavy atom. The topological polar surface area (TPSA) is 74.1 Å². The molecule has 1 aliphatic heterocycles. The number of ether oxygens (including phenoxy) is 2. The van der Waals surface area contributed by atoms with Crippen LogP contribution in [-0.2, 0) is 4.74 Å². The van der Waals surface area contributed by atoms with Gasteiger partial charge in [0.05, 0.1) is 19.1 Å². The Hall–Kier alpha value is -2.19. The van der Waals surface area contributed by atoms with E-state index >= 15 is 0 Å². The van der Waals surface area contributed by atoms with Crippen LogP contribution in [0, 0.1) is 0 Å². The van der Waals surface area contributed by atoms with Crippen molar-refractivity contribution in [2.45, 2.75) is 19.1 Å². The standard InChI is InChI=1S/C16H16BrN5O2/c1-23-11-6-3-2-5-10(11)19-14-13-15(21-16(17)20-14)22(9-18-13)12-7-4-8-24-12/h2-3,5-6,9,12H,4,7-8H2,1H3,(H,19,20,21). The van der Waals surface area contributed by atoms with Gasteiger partial charge in [0.25, 0.3) is 0 Å². The molecule has 0 saturated carbocycles. The molecule has 1 unspecified atom stereocenters. The third-order valence-corrected chi connectivity index (χ3v) is 4.32. The Balaban J connectivity index is 1.78. The van der Waals surface area contributed by atoms with Crippen LogP contribution < -0.4 is 10.1 Å². The van der Waals surface area contributed by atoms with E-state index in [-0.39, 0.29) is 6.23 Å². The average molecular weight is 390 g/mol. The van der Waals surface area contributed by atoms with E-state index in [1.807, 2.05) is 28.8 Å². The Bertz CT molecular complexity index is 876. The SMILES string of the molecule is COc1ccccc1Nc1nc(Br)nc2c1ncn2C1CCCO1. The normalized spacial score (nSPS) is 17.3. The van der Waals surface area contributed by atoms with Crippen LogP contribution in [0.5, 0.6) is 5.75 Å². The lowest BCUT2D eigenvalue weighted by molar-refractivity contribution is 0.0592. The van der Waals surface area contributed by atoms with Gasteiger partial charge in [-0.05, 0) is 40.9 Å². The summed E-state index contributed by atoms with van der Waals surface area (Å²) in [6.07, 6.45) is 3.75. The van der Waals surface area contributed by atoms with E-state index in [1.54, 1.807) is 13.4 Å². The lowest BCUT2D eigenvalue weighted by Gasteiger charge is -2.13. The van der Waals surface area contributed by atoms with Crippen molar-refractivity contribution in [3.05, 3.63) is 35.3 Å². The minimum atomic E-state index is -0.0177. The number of halogens is 1. The number of hydrogen-bond acceptors (Lipinski definition) is 6. The summed E-state index contributed by atoms with van der Waals surface area (Å²) >= 11 is 3.38. The van der Waals surface area contributed by atoms with Crippen LogP contribution >= 0.6 is 15.9 Å². The molecule has 1 aliphatic rings. The summed E-state index contributed by atoms with van der Waals surface area (Å²) in [5, 5.41) is 3.29. The number of benzene rings is 1. The van der Waals surface area contributed by atoms with Crippen LogP contribution in [0.3, 0.4) is 0 Å². The predicted octanol–water partition coefficient (Wildman–Crippen LogP) is 3.65. The first kappa shape index (κ1) is 15.3. The van der Waals surface area contributed by atoms with Gasteiger partial charge < -0.3 is 14.8 Å². The molecule has 2 aromatic heterocycles. The summed E-state index contributed by atoms with van der Waals surface area (Å²) in [4.78, 5) is 13.4. The van der Waals surface area contributed by atoms with Crippen LogP contribution in [0.4, 0.5) is 11.5 Å². The first-order valence-corrected chi connectivity index (χ1v) is 8.47. The molecule has 1 fully saturated rings. The quantitative estimate of drug-likeness (QED) is 0.686. The van der Waals surface area contributed by atoms with Gasteiger partial charge in [0.2, 0.25) is 4.73 Å². The van der Waals surface area contributed by atoms with Crippen molar-refractivity contribution in [3.63, 3.8) is 0 Å². The van der Waals surface area contributed by atoms with Gasteiger partial charge in [-0.25, -0.2) is 15.0 Å². The molecule has 3 aromatic rings. The molecule has 1 atom stereocenters. The van der Waals surface area contributed by atoms with Gasteiger partial charge in [0.1, 0.15) is 12.0 Å². The van der Waals surface area contributed by atoms with Crippen molar-refractivity contribution in [3.8, 4) is 5.75 Å². The molecule has 1 N–H and O–H groups in total. The Morgan fingerprint density at radius 3 is 3.00 bits per heavy atom. The number of rotatable bonds is 4. The fourth-order valence-corrected chi connectivity index (χ4v) is 3.19. The number of aromatic nitrogens is 4. The molecule has 0 bridgehead atoms. The van der Waals surface area contributed by atoms with Crippen molar-refractivity contribution in [1.29, 1.82) is 0 Å². The van der Waals surface area contributed by atoms with Gasteiger partial charge in [0.15, 0.2) is 17.0 Å². The number of imidazole rings is 1. The van der Waals surface area contributed by atoms with Gasteiger partial charge in [-0.15, -0.1) is 0 Å². The van der Waals surface area contributed by atoms with E-state index in [2.05, 4.69) is 36.2 Å². The molecule has 24 heavy (non-hydrogen) atoms. The van der Waals surface area contributed by atoms with Crippen molar-refractivity contribution in [2.75, 3.05) is 19.0 Å². The second kappa shape index (κ2) is 6.37. The molecule has 1 saturated heterocycles. The number of hydrogen-bond donors (Lipinski definition) is 1. The summed E-state index contributed by atoms with van der Waals surface area (Å²) in [5.74, 6) is 1.35. The average Bonchev–Trinajstić information content (AvgIpc) is 3.24. The van der Waals surface area contributed by atoms with Gasteiger partial charge in [-0.2, -0.15) is 0 Å². The fourth-order valence-electron chi connectivity index (χ4n) is 2.84. The zero-order valence-corrected chi connectivity index (χ0v) is 14.7. The van der Waals surface area contributed by atoms with Crippen molar-refractivity contribution in [1.82, 2.24) is 19.5 Å². The smallest absolute Gasteiger partial charge is 0.200 e. The van der Waals surface area contributed by atoms with E-state index in [0.717, 1.165) is 36.5 Å². The monoisotopic (exact) mass is 389 g/mol. The summed E-state index contributed by atoms with van der Waals surface area (Å²) < 4.78 is 13.6. The highest BCUT2D eigenvalue weighted by atomic mass is 79.9. The first-order valence-electron chi connectivity index (χ1n) is 7.68. The lowest BCUT2D eigenvalue weighted by Crippen LogP contribution is -2.07. The highest BCUT2D eigenvalue weighted by Gasteiger charge is 2.22. The second-order valence-electron chi connectivity index (χ2n) is 5.46. The molecule has 124 valence electrons. The van der Waals surface area contributed by atoms with Crippen molar-refractivity contribution >= 4 is 38.6 Å². The maximum absolute atomic E-state index is 5.75. The van der Waals surface area contributed by atoms with E-state index in [9.17, 15) is 0 Å². The fraction of sp³-hybridized carbons (Fsp3) is 0.312. The third-order valence-electron chi connectivity index (χ3n) is 3.97. The number of fused-ring (bicyclic) bond motifs is 1. The minimum Gasteiger partial charge on any atom is -0.495 e. The maximum Gasteiger partial charge on any atom is 0.200 e. The van der Waals surface area contributed by atoms with Crippen molar-refractivity contribution < 1.29 is 9.47 Å². The first-order chi connectivity index (χ1) is 11.8. The molecule has 1 aromatic carbocycles. The molecule has 7 nitrogen and oxygen atoms in total. The Labute approximate surface area is 147 Å². The summed E-state index contributed by atoms with van der Waals surface area (Å²) in [6.45, 7) is 0.767. The number of methoxy groups -OCH3 is 1. The third kappa shape index (κ3) is 2.71. The largest absolute Gasteiger partial charge is 0.495 e. The van der Waals surface area contributed by atoms with Crippen LogP contribution in [0.25, 0.3) is 11.2 Å². The molecule has 4 rings (SSSR count). The van der Waals surface area contributed by atoms with E-state index < -0.39 is 0 Å². The molecular weight excluding hydrogens is 374 g/mol. The second-order valence-corrected chi connectivity index (χ2v) is 6.17. The Kier molecular flexibility index (Phi) is 4.07. The number of para-hydroxylation sites is 2. The van der Waals surface area contributed by atoms with Gasteiger partial charge in [0, 0.05) is 6.61 Å². The van der Waals surface area contributed by atoms with Crippen LogP contribution in [0.15, 0.2) is 35.3 Å². The zero-order valence-electron chi connectivity index (χ0n) is 13.1. The van der Waals surface area contributed by atoms with E-state index in [0.29, 0.717) is 16.1 Å². The van der Waals surface area contributed by atoms with Gasteiger partial charge in [-0.3, -0.25) is 4.57 Å². The molecule has 0 spiro atoms. The highest BCUT2D eigenvalue weighted by molar-refractivity contribution is 9.10. The summed E-state index contributed by atoms with van der Waals surface area (Å²) in [5.41, 5.74) is 2.25. The number of nitrogens with zero attached hydrogens (tertiary/aromatic N) is 4. The molecule has 3 heterocycles. The molecular formula is C16H16BrN5O2. The predicted molar refractivity (Wildman–Crippen MR) is 93.5 cm³/mol. The van der Waals surface area contributed by atoms with E-state index in [4.69, 9.17) is 9.47 Å². The highest BCUT2D eigenvalue weighted by Crippen LogP contribution is 2.32. The van der Waals surface area contributed by atoms with Crippen LogP contribution in [0.1, 0.15) is 19.1 Å². The van der Waals surface area contributed by atoms with Gasteiger partial charge >= 0.3 is 0 Å². The summed E-state index contributed by atoms with van der Waals surface area (Å²) in [7, 11) is 1.64. The van der Waals surface area contributed by atoms with E-state index in [1.165, 1.54) is 0 Å². The molecule has 0 aliphatic carbocycles. The Morgan fingerprint density at radius 2 is 2.21 bits per heavy atom. The molecule has 0 radical (unpaired) electrons. The molecule has 8 heteroatoms.